The Morgan fingerprint density at radius 2 is 2.00 bits per heavy atom. The van der Waals surface area contributed by atoms with Crippen LogP contribution in [0, 0.1) is 0 Å². The number of carbonyl (C=O) groups is 2. The van der Waals surface area contributed by atoms with E-state index in [0.29, 0.717) is 11.3 Å². The average Bonchev–Trinajstić information content (AvgIpc) is 2.61. The maximum atomic E-state index is 12.2. The summed E-state index contributed by atoms with van der Waals surface area (Å²) in [7, 11) is 1.42. The van der Waals surface area contributed by atoms with Crippen LogP contribution in [0.5, 0.6) is 5.75 Å². The number of carboxylic acids is 1. The molecule has 0 spiro atoms. The van der Waals surface area contributed by atoms with Gasteiger partial charge in [-0.05, 0) is 24.3 Å². The molecule has 0 unspecified atom stereocenters. The minimum absolute atomic E-state index is 0.0168. The van der Waals surface area contributed by atoms with Gasteiger partial charge in [-0.25, -0.2) is 4.79 Å². The van der Waals surface area contributed by atoms with Crippen molar-refractivity contribution in [3.05, 3.63) is 47.5 Å². The van der Waals surface area contributed by atoms with Crippen LogP contribution < -0.4 is 10.1 Å². The van der Waals surface area contributed by atoms with Gasteiger partial charge in [0.05, 0.1) is 18.4 Å². The summed E-state index contributed by atoms with van der Waals surface area (Å²) in [4.78, 5) is 25.0. The third-order valence-corrected chi connectivity index (χ3v) is 4.27. The van der Waals surface area contributed by atoms with Crippen LogP contribution >= 0.6 is 11.8 Å². The van der Waals surface area contributed by atoms with E-state index in [1.165, 1.54) is 24.9 Å². The van der Waals surface area contributed by atoms with Crippen LogP contribution in [-0.4, -0.2) is 24.1 Å². The lowest BCUT2D eigenvalue weighted by Gasteiger charge is -2.11. The SMILES string of the molecule is COc1cc2c(cc1C(=O)O)NC(=O)c1ccccc1S2. The Morgan fingerprint density at radius 3 is 2.71 bits per heavy atom. The van der Waals surface area contributed by atoms with Gasteiger partial charge in [0.2, 0.25) is 0 Å². The van der Waals surface area contributed by atoms with Crippen molar-refractivity contribution in [1.82, 2.24) is 0 Å². The minimum Gasteiger partial charge on any atom is -0.496 e. The van der Waals surface area contributed by atoms with Gasteiger partial charge in [0.25, 0.3) is 5.91 Å². The number of ether oxygens (including phenoxy) is 1. The van der Waals surface area contributed by atoms with Crippen molar-refractivity contribution < 1.29 is 19.4 Å². The van der Waals surface area contributed by atoms with E-state index < -0.39 is 5.97 Å². The van der Waals surface area contributed by atoms with Crippen molar-refractivity contribution in [2.75, 3.05) is 12.4 Å². The van der Waals surface area contributed by atoms with E-state index in [1.54, 1.807) is 18.2 Å². The summed E-state index contributed by atoms with van der Waals surface area (Å²) in [5.74, 6) is -1.09. The van der Waals surface area contributed by atoms with Gasteiger partial charge in [0.15, 0.2) is 0 Å². The van der Waals surface area contributed by atoms with Gasteiger partial charge in [-0.15, -0.1) is 0 Å². The fourth-order valence-electron chi connectivity index (χ4n) is 2.13. The highest BCUT2D eigenvalue weighted by Crippen LogP contribution is 2.41. The van der Waals surface area contributed by atoms with E-state index in [4.69, 9.17) is 4.74 Å². The molecule has 0 saturated heterocycles. The first-order valence-corrected chi connectivity index (χ1v) is 6.95. The molecule has 21 heavy (non-hydrogen) atoms. The molecule has 0 aromatic heterocycles. The highest BCUT2D eigenvalue weighted by Gasteiger charge is 2.23. The smallest absolute Gasteiger partial charge is 0.339 e. The molecule has 2 aromatic carbocycles. The molecule has 1 amide bonds. The standard InChI is InChI=1S/C15H11NO4S/c1-20-11-7-13-10(6-9(11)15(18)19)16-14(17)8-4-2-3-5-12(8)21-13/h2-7H,1H3,(H,16,17)(H,18,19). The van der Waals surface area contributed by atoms with Gasteiger partial charge in [-0.1, -0.05) is 23.9 Å². The molecule has 0 radical (unpaired) electrons. The lowest BCUT2D eigenvalue weighted by molar-refractivity contribution is 0.0693. The zero-order valence-corrected chi connectivity index (χ0v) is 11.9. The Bertz CT molecular complexity index is 757. The molecule has 2 N–H and O–H groups in total. The fourth-order valence-corrected chi connectivity index (χ4v) is 3.17. The number of carboxylic acid groups (broad SMARTS) is 1. The van der Waals surface area contributed by atoms with Gasteiger partial charge in [0, 0.05) is 9.79 Å². The molecule has 2 aromatic rings. The van der Waals surface area contributed by atoms with Crippen LogP contribution in [0.3, 0.4) is 0 Å². The molecule has 0 fully saturated rings. The van der Waals surface area contributed by atoms with E-state index in [1.807, 2.05) is 12.1 Å². The number of methoxy groups -OCH3 is 1. The minimum atomic E-state index is -1.10. The molecular formula is C15H11NO4S. The number of hydrogen-bond acceptors (Lipinski definition) is 4. The molecule has 0 bridgehead atoms. The van der Waals surface area contributed by atoms with E-state index in [9.17, 15) is 14.7 Å². The summed E-state index contributed by atoms with van der Waals surface area (Å²) in [6.45, 7) is 0. The van der Waals surface area contributed by atoms with Crippen molar-refractivity contribution in [3.63, 3.8) is 0 Å². The quantitative estimate of drug-likeness (QED) is 0.891. The predicted molar refractivity (Wildman–Crippen MR) is 78.5 cm³/mol. The molecule has 6 heteroatoms. The number of benzene rings is 2. The number of anilines is 1. The first-order chi connectivity index (χ1) is 10.1. The van der Waals surface area contributed by atoms with Crippen molar-refractivity contribution in [2.45, 2.75) is 9.79 Å². The Morgan fingerprint density at radius 1 is 1.24 bits per heavy atom. The summed E-state index contributed by atoms with van der Waals surface area (Å²) in [5.41, 5.74) is 1.05. The lowest BCUT2D eigenvalue weighted by Crippen LogP contribution is -2.12. The molecule has 0 atom stereocenters. The van der Waals surface area contributed by atoms with E-state index in [0.717, 1.165) is 9.79 Å². The molecule has 0 saturated carbocycles. The van der Waals surface area contributed by atoms with Crippen molar-refractivity contribution in [1.29, 1.82) is 0 Å². The first-order valence-electron chi connectivity index (χ1n) is 6.13. The number of amides is 1. The van der Waals surface area contributed by atoms with Crippen LogP contribution in [0.2, 0.25) is 0 Å². The number of rotatable bonds is 2. The van der Waals surface area contributed by atoms with Crippen molar-refractivity contribution in [3.8, 4) is 5.75 Å². The molecule has 1 heterocycles. The van der Waals surface area contributed by atoms with Gasteiger partial charge in [-0.3, -0.25) is 4.79 Å². The molecular weight excluding hydrogens is 290 g/mol. The lowest BCUT2D eigenvalue weighted by atomic mass is 10.1. The zero-order chi connectivity index (χ0) is 15.0. The van der Waals surface area contributed by atoms with E-state index >= 15 is 0 Å². The molecule has 5 nitrogen and oxygen atoms in total. The molecule has 1 aliphatic heterocycles. The summed E-state index contributed by atoms with van der Waals surface area (Å²) < 4.78 is 5.12. The summed E-state index contributed by atoms with van der Waals surface area (Å²) >= 11 is 1.40. The maximum Gasteiger partial charge on any atom is 0.339 e. The van der Waals surface area contributed by atoms with Crippen LogP contribution in [0.4, 0.5) is 5.69 Å². The highest BCUT2D eigenvalue weighted by atomic mass is 32.2. The summed E-state index contributed by atoms with van der Waals surface area (Å²) in [6, 6.07) is 10.3. The third kappa shape index (κ3) is 2.34. The number of fused-ring (bicyclic) bond motifs is 2. The van der Waals surface area contributed by atoms with Crippen LogP contribution in [0.1, 0.15) is 20.7 Å². The average molecular weight is 301 g/mol. The Balaban J connectivity index is 2.17. The van der Waals surface area contributed by atoms with Gasteiger partial charge in [0.1, 0.15) is 11.3 Å². The molecule has 106 valence electrons. The summed E-state index contributed by atoms with van der Waals surface area (Å²) in [5, 5.41) is 12.0. The molecule has 1 aliphatic rings. The van der Waals surface area contributed by atoms with Gasteiger partial charge >= 0.3 is 5.97 Å². The largest absolute Gasteiger partial charge is 0.496 e. The number of carbonyl (C=O) groups excluding carboxylic acids is 1. The Kier molecular flexibility index (Phi) is 3.31. The summed E-state index contributed by atoms with van der Waals surface area (Å²) in [6.07, 6.45) is 0. The van der Waals surface area contributed by atoms with E-state index in [-0.39, 0.29) is 17.2 Å². The van der Waals surface area contributed by atoms with E-state index in [2.05, 4.69) is 5.32 Å². The highest BCUT2D eigenvalue weighted by molar-refractivity contribution is 7.99. The van der Waals surface area contributed by atoms with Crippen LogP contribution in [-0.2, 0) is 0 Å². The van der Waals surface area contributed by atoms with Crippen LogP contribution in [0.15, 0.2) is 46.2 Å². The first kappa shape index (κ1) is 13.5. The zero-order valence-electron chi connectivity index (χ0n) is 11.0. The third-order valence-electron chi connectivity index (χ3n) is 3.13. The van der Waals surface area contributed by atoms with Gasteiger partial charge < -0.3 is 15.2 Å². The molecule has 3 rings (SSSR count). The Labute approximate surface area is 124 Å². The number of aromatic carboxylic acids is 1. The molecule has 0 aliphatic carbocycles. The number of hydrogen-bond donors (Lipinski definition) is 2. The Hall–Kier alpha value is -2.47. The second-order valence-electron chi connectivity index (χ2n) is 4.41. The maximum absolute atomic E-state index is 12.2. The predicted octanol–water partition coefficient (Wildman–Crippen LogP) is 3.11. The fraction of sp³-hybridized carbons (Fsp3) is 0.0667. The second kappa shape index (κ2) is 5.14. The number of nitrogens with one attached hydrogen (secondary N) is 1. The monoisotopic (exact) mass is 301 g/mol. The van der Waals surface area contributed by atoms with Crippen molar-refractivity contribution in [2.24, 2.45) is 0 Å². The second-order valence-corrected chi connectivity index (χ2v) is 5.49. The van der Waals surface area contributed by atoms with Crippen LogP contribution in [0.25, 0.3) is 0 Å². The van der Waals surface area contributed by atoms with Crippen molar-refractivity contribution >= 4 is 29.3 Å². The van der Waals surface area contributed by atoms with Gasteiger partial charge in [-0.2, -0.15) is 0 Å². The normalized spacial score (nSPS) is 12.7. The topological polar surface area (TPSA) is 75.6 Å².